The Morgan fingerprint density at radius 2 is 1.88 bits per heavy atom. The van der Waals surface area contributed by atoms with Crippen molar-refractivity contribution in [2.24, 2.45) is 17.3 Å². The van der Waals surface area contributed by atoms with Crippen LogP contribution < -0.4 is 0 Å². The largest absolute Gasteiger partial charge is 0.481 e. The van der Waals surface area contributed by atoms with E-state index in [9.17, 15) is 14.7 Å². The zero-order valence-electron chi connectivity index (χ0n) is 13.9. The Bertz CT molecular complexity index is 643. The third kappa shape index (κ3) is 2.51. The van der Waals surface area contributed by atoms with Gasteiger partial charge in [-0.25, -0.2) is 0 Å². The molecule has 1 amide bonds. The molecule has 2 saturated heterocycles. The van der Waals surface area contributed by atoms with E-state index in [-0.39, 0.29) is 11.8 Å². The van der Waals surface area contributed by atoms with E-state index in [0.717, 1.165) is 19.0 Å². The number of carbonyl (C=O) groups is 2. The second-order valence-corrected chi connectivity index (χ2v) is 7.70. The summed E-state index contributed by atoms with van der Waals surface area (Å²) in [6, 6.07) is 9.17. The Balaban J connectivity index is 1.48. The van der Waals surface area contributed by atoms with E-state index >= 15 is 0 Å². The number of carboxylic acid groups (broad SMARTS) is 1. The molecule has 0 spiro atoms. The highest BCUT2D eigenvalue weighted by Crippen LogP contribution is 2.44. The van der Waals surface area contributed by atoms with Gasteiger partial charge in [0, 0.05) is 44.2 Å². The van der Waals surface area contributed by atoms with Crippen molar-refractivity contribution in [3.05, 3.63) is 35.9 Å². The highest BCUT2D eigenvalue weighted by molar-refractivity contribution is 5.95. The number of carbonyl (C=O) groups excluding carboxylic acids is 1. The number of fused-ring (bicyclic) bond motifs is 1. The third-order valence-corrected chi connectivity index (χ3v) is 6.15. The molecule has 2 aliphatic heterocycles. The van der Waals surface area contributed by atoms with E-state index in [0.29, 0.717) is 25.2 Å². The summed E-state index contributed by atoms with van der Waals surface area (Å²) in [4.78, 5) is 28.8. The monoisotopic (exact) mass is 328 g/mol. The molecular formula is C19H24N2O3. The Morgan fingerprint density at radius 3 is 2.46 bits per heavy atom. The first-order valence-electron chi connectivity index (χ1n) is 8.88. The molecule has 4 rings (SSSR count). The molecule has 1 aliphatic carbocycles. The zero-order chi connectivity index (χ0) is 16.7. The van der Waals surface area contributed by atoms with Gasteiger partial charge < -0.3 is 14.9 Å². The summed E-state index contributed by atoms with van der Waals surface area (Å²) in [5.74, 6) is 0.00241. The maximum absolute atomic E-state index is 12.7. The van der Waals surface area contributed by atoms with Gasteiger partial charge in [-0.2, -0.15) is 0 Å². The van der Waals surface area contributed by atoms with Crippen molar-refractivity contribution >= 4 is 11.9 Å². The van der Waals surface area contributed by atoms with Crippen molar-refractivity contribution in [1.82, 2.24) is 9.80 Å². The molecule has 2 heterocycles. The first-order valence-corrected chi connectivity index (χ1v) is 8.88. The molecule has 1 saturated carbocycles. The quantitative estimate of drug-likeness (QED) is 0.918. The molecule has 0 bridgehead atoms. The molecular weight excluding hydrogens is 304 g/mol. The number of aliphatic carboxylic acids is 1. The van der Waals surface area contributed by atoms with E-state index in [1.807, 2.05) is 18.2 Å². The highest BCUT2D eigenvalue weighted by Gasteiger charge is 2.58. The van der Waals surface area contributed by atoms with Gasteiger partial charge in [-0.05, 0) is 30.9 Å². The zero-order valence-corrected chi connectivity index (χ0v) is 13.9. The van der Waals surface area contributed by atoms with Crippen molar-refractivity contribution < 1.29 is 14.7 Å². The number of nitrogens with zero attached hydrogens (tertiary/aromatic N) is 2. The van der Waals surface area contributed by atoms with Gasteiger partial charge in [0.25, 0.3) is 5.91 Å². The molecule has 0 radical (unpaired) electrons. The lowest BCUT2D eigenvalue weighted by molar-refractivity contribution is -0.148. The van der Waals surface area contributed by atoms with Crippen LogP contribution in [-0.2, 0) is 4.79 Å². The van der Waals surface area contributed by atoms with Crippen LogP contribution in [0.25, 0.3) is 0 Å². The van der Waals surface area contributed by atoms with E-state index in [1.165, 1.54) is 19.3 Å². The van der Waals surface area contributed by atoms with Gasteiger partial charge >= 0.3 is 5.97 Å². The van der Waals surface area contributed by atoms with Crippen LogP contribution in [0.4, 0.5) is 0 Å². The number of likely N-dealkylation sites (tertiary alicyclic amines) is 2. The number of benzene rings is 1. The van der Waals surface area contributed by atoms with Gasteiger partial charge in [0.1, 0.15) is 5.41 Å². The van der Waals surface area contributed by atoms with Gasteiger partial charge in [0.2, 0.25) is 0 Å². The first-order chi connectivity index (χ1) is 11.6. The summed E-state index contributed by atoms with van der Waals surface area (Å²) in [7, 11) is 0. The molecule has 24 heavy (non-hydrogen) atoms. The van der Waals surface area contributed by atoms with Crippen LogP contribution in [0.15, 0.2) is 30.3 Å². The van der Waals surface area contributed by atoms with Crippen LogP contribution in [0.2, 0.25) is 0 Å². The van der Waals surface area contributed by atoms with Crippen LogP contribution in [-0.4, -0.2) is 59.5 Å². The van der Waals surface area contributed by atoms with Crippen molar-refractivity contribution in [3.63, 3.8) is 0 Å². The van der Waals surface area contributed by atoms with Crippen LogP contribution in [0, 0.1) is 17.3 Å². The summed E-state index contributed by atoms with van der Waals surface area (Å²) in [6.45, 7) is 3.31. The summed E-state index contributed by atoms with van der Waals surface area (Å²) >= 11 is 0. The fourth-order valence-electron chi connectivity index (χ4n) is 4.57. The maximum Gasteiger partial charge on any atom is 0.313 e. The Kier molecular flexibility index (Phi) is 3.83. The molecule has 1 aromatic carbocycles. The van der Waals surface area contributed by atoms with E-state index < -0.39 is 11.4 Å². The van der Waals surface area contributed by atoms with Gasteiger partial charge in [0.05, 0.1) is 0 Å². The van der Waals surface area contributed by atoms with E-state index in [1.54, 1.807) is 17.0 Å². The number of hydrogen-bond acceptors (Lipinski definition) is 3. The lowest BCUT2D eigenvalue weighted by atomic mass is 9.81. The smallest absolute Gasteiger partial charge is 0.313 e. The Hall–Kier alpha value is -1.88. The molecule has 3 fully saturated rings. The van der Waals surface area contributed by atoms with Crippen molar-refractivity contribution in [1.29, 1.82) is 0 Å². The van der Waals surface area contributed by atoms with Crippen LogP contribution in [0.5, 0.6) is 0 Å². The highest BCUT2D eigenvalue weighted by atomic mass is 16.4. The second-order valence-electron chi connectivity index (χ2n) is 7.70. The van der Waals surface area contributed by atoms with Crippen LogP contribution in [0.3, 0.4) is 0 Å². The molecule has 0 aromatic heterocycles. The number of amides is 1. The molecule has 3 aliphatic rings. The SMILES string of the molecule is O=C(c1ccccc1)N1CC2CN(CC3CCC3)C[C@@]2(C(=O)O)C1. The van der Waals surface area contributed by atoms with E-state index in [2.05, 4.69) is 4.90 Å². The summed E-state index contributed by atoms with van der Waals surface area (Å²) in [5.41, 5.74) is -0.141. The first kappa shape index (κ1) is 15.6. The standard InChI is InChI=1S/C19H24N2O3/c22-17(15-7-2-1-3-8-15)21-11-16-10-20(9-14-5-4-6-14)12-19(16,13-21)18(23)24/h1-3,7-8,14,16H,4-6,9-13H2,(H,23,24)/t16?,19-/m1/s1. The second kappa shape index (κ2) is 5.88. The average Bonchev–Trinajstić information content (AvgIpc) is 3.06. The average molecular weight is 328 g/mol. The molecule has 2 atom stereocenters. The lowest BCUT2D eigenvalue weighted by Gasteiger charge is -2.31. The number of hydrogen-bond donors (Lipinski definition) is 1. The van der Waals surface area contributed by atoms with Gasteiger partial charge in [-0.15, -0.1) is 0 Å². The minimum atomic E-state index is -0.784. The molecule has 5 heteroatoms. The molecule has 1 N–H and O–H groups in total. The van der Waals surface area contributed by atoms with Crippen LogP contribution in [0.1, 0.15) is 29.6 Å². The number of rotatable bonds is 4. The van der Waals surface area contributed by atoms with Crippen LogP contribution >= 0.6 is 0 Å². The van der Waals surface area contributed by atoms with E-state index in [4.69, 9.17) is 0 Å². The molecule has 5 nitrogen and oxygen atoms in total. The van der Waals surface area contributed by atoms with Crippen molar-refractivity contribution in [2.75, 3.05) is 32.7 Å². The summed E-state index contributed by atoms with van der Waals surface area (Å²) < 4.78 is 0. The van der Waals surface area contributed by atoms with Crippen molar-refractivity contribution in [3.8, 4) is 0 Å². The molecule has 128 valence electrons. The normalized spacial score (nSPS) is 30.2. The maximum atomic E-state index is 12.7. The topological polar surface area (TPSA) is 60.9 Å². The third-order valence-electron chi connectivity index (χ3n) is 6.15. The summed E-state index contributed by atoms with van der Waals surface area (Å²) in [6.07, 6.45) is 3.87. The fourth-order valence-corrected chi connectivity index (χ4v) is 4.57. The Morgan fingerprint density at radius 1 is 1.12 bits per heavy atom. The van der Waals surface area contributed by atoms with Crippen molar-refractivity contribution in [2.45, 2.75) is 19.3 Å². The van der Waals surface area contributed by atoms with Gasteiger partial charge in [-0.3, -0.25) is 9.59 Å². The molecule has 1 unspecified atom stereocenters. The van der Waals surface area contributed by atoms with Gasteiger partial charge in [0.15, 0.2) is 0 Å². The molecule has 1 aromatic rings. The predicted octanol–water partition coefficient (Wildman–Crippen LogP) is 1.95. The minimum absolute atomic E-state index is 0.0442. The fraction of sp³-hybridized carbons (Fsp3) is 0.579. The Labute approximate surface area is 142 Å². The predicted molar refractivity (Wildman–Crippen MR) is 89.7 cm³/mol. The summed E-state index contributed by atoms with van der Waals surface area (Å²) in [5, 5.41) is 9.90. The minimum Gasteiger partial charge on any atom is -0.481 e. The number of carboxylic acids is 1. The lowest BCUT2D eigenvalue weighted by Crippen LogP contribution is -2.43. The van der Waals surface area contributed by atoms with Gasteiger partial charge in [-0.1, -0.05) is 24.6 Å².